The van der Waals surface area contributed by atoms with Crippen molar-refractivity contribution in [3.8, 4) is 11.5 Å². The Kier molecular flexibility index (Phi) is 6.07. The monoisotopic (exact) mass is 408 g/mol. The first-order valence-electron chi connectivity index (χ1n) is 10.4. The van der Waals surface area contributed by atoms with Gasteiger partial charge in [0.25, 0.3) is 0 Å². The number of aromatic amines is 1. The third-order valence-electron chi connectivity index (χ3n) is 5.46. The molecule has 0 saturated carbocycles. The number of hydrogen-bond acceptors (Lipinski definition) is 5. The van der Waals surface area contributed by atoms with Crippen LogP contribution in [0.3, 0.4) is 0 Å². The number of para-hydroxylation sites is 2. The van der Waals surface area contributed by atoms with Crippen LogP contribution < -0.4 is 19.7 Å². The van der Waals surface area contributed by atoms with E-state index < -0.39 is 0 Å². The topological polar surface area (TPSA) is 79.5 Å². The van der Waals surface area contributed by atoms with E-state index in [1.807, 2.05) is 49.4 Å². The minimum Gasteiger partial charge on any atom is -0.493 e. The molecule has 2 heterocycles. The molecule has 1 fully saturated rings. The molecular weight excluding hydrogens is 380 g/mol. The number of anilines is 1. The largest absolute Gasteiger partial charge is 0.493 e. The number of rotatable bonds is 7. The van der Waals surface area contributed by atoms with Crippen molar-refractivity contribution in [1.82, 2.24) is 15.3 Å². The van der Waals surface area contributed by atoms with Gasteiger partial charge in [0, 0.05) is 19.6 Å². The SMILES string of the molecule is CCOc1ccc(CNC(=O)[C@H]2CCCN(c3nc4ccccc4[nH]3)C2)cc1OC. The van der Waals surface area contributed by atoms with Gasteiger partial charge < -0.3 is 24.7 Å². The summed E-state index contributed by atoms with van der Waals surface area (Å²) in [5, 5.41) is 3.08. The lowest BCUT2D eigenvalue weighted by Crippen LogP contribution is -2.43. The lowest BCUT2D eigenvalue weighted by atomic mass is 9.97. The van der Waals surface area contributed by atoms with Crippen LogP contribution in [0.25, 0.3) is 11.0 Å². The number of nitrogens with zero attached hydrogens (tertiary/aromatic N) is 2. The number of carbonyl (C=O) groups is 1. The molecule has 0 spiro atoms. The smallest absolute Gasteiger partial charge is 0.225 e. The highest BCUT2D eigenvalue weighted by Gasteiger charge is 2.27. The molecule has 4 rings (SSSR count). The molecule has 7 nitrogen and oxygen atoms in total. The number of hydrogen-bond donors (Lipinski definition) is 2. The van der Waals surface area contributed by atoms with Gasteiger partial charge in [-0.25, -0.2) is 4.98 Å². The summed E-state index contributed by atoms with van der Waals surface area (Å²) in [6, 6.07) is 13.7. The van der Waals surface area contributed by atoms with Gasteiger partial charge in [-0.15, -0.1) is 0 Å². The predicted molar refractivity (Wildman–Crippen MR) is 117 cm³/mol. The molecule has 1 aliphatic rings. The van der Waals surface area contributed by atoms with Gasteiger partial charge in [0.15, 0.2) is 11.5 Å². The summed E-state index contributed by atoms with van der Waals surface area (Å²) >= 11 is 0. The normalized spacial score (nSPS) is 16.5. The minimum atomic E-state index is -0.0587. The van der Waals surface area contributed by atoms with Crippen LogP contribution in [0.5, 0.6) is 11.5 Å². The van der Waals surface area contributed by atoms with Crippen LogP contribution in [0.15, 0.2) is 42.5 Å². The Morgan fingerprint density at radius 2 is 2.13 bits per heavy atom. The Labute approximate surface area is 176 Å². The van der Waals surface area contributed by atoms with E-state index in [4.69, 9.17) is 9.47 Å². The van der Waals surface area contributed by atoms with Crippen molar-refractivity contribution in [3.05, 3.63) is 48.0 Å². The van der Waals surface area contributed by atoms with Gasteiger partial charge in [0.1, 0.15) is 0 Å². The fourth-order valence-electron chi connectivity index (χ4n) is 3.90. The van der Waals surface area contributed by atoms with Crippen molar-refractivity contribution in [2.45, 2.75) is 26.3 Å². The molecule has 0 bridgehead atoms. The van der Waals surface area contributed by atoms with Gasteiger partial charge in [-0.2, -0.15) is 0 Å². The second-order valence-corrected chi connectivity index (χ2v) is 7.50. The van der Waals surface area contributed by atoms with Crippen molar-refractivity contribution in [2.24, 2.45) is 5.92 Å². The van der Waals surface area contributed by atoms with E-state index in [9.17, 15) is 4.79 Å². The Morgan fingerprint density at radius 1 is 1.27 bits per heavy atom. The van der Waals surface area contributed by atoms with Crippen LogP contribution in [0.2, 0.25) is 0 Å². The van der Waals surface area contributed by atoms with E-state index in [1.165, 1.54) is 0 Å². The molecule has 1 atom stereocenters. The number of methoxy groups -OCH3 is 1. The number of carbonyl (C=O) groups excluding carboxylic acids is 1. The molecule has 1 aliphatic heterocycles. The highest BCUT2D eigenvalue weighted by atomic mass is 16.5. The summed E-state index contributed by atoms with van der Waals surface area (Å²) in [6.07, 6.45) is 1.85. The Bertz CT molecular complexity index is 984. The summed E-state index contributed by atoms with van der Waals surface area (Å²) in [6.45, 7) is 4.54. The number of imidazole rings is 1. The van der Waals surface area contributed by atoms with E-state index in [0.29, 0.717) is 31.2 Å². The molecule has 7 heteroatoms. The molecule has 30 heavy (non-hydrogen) atoms. The van der Waals surface area contributed by atoms with E-state index in [-0.39, 0.29) is 11.8 Å². The average Bonchev–Trinajstić information content (AvgIpc) is 3.23. The number of nitrogens with one attached hydrogen (secondary N) is 2. The molecule has 158 valence electrons. The molecule has 0 radical (unpaired) electrons. The first-order chi connectivity index (χ1) is 14.7. The number of ether oxygens (including phenoxy) is 2. The standard InChI is InChI=1S/C23H28N4O3/c1-3-30-20-11-10-16(13-21(20)29-2)14-24-22(28)17-7-6-12-27(15-17)23-25-18-8-4-5-9-19(18)26-23/h4-5,8-11,13,17H,3,6-7,12,14-15H2,1-2H3,(H,24,28)(H,25,26)/t17-/m0/s1. The van der Waals surface area contributed by atoms with Crippen LogP contribution in [-0.4, -0.2) is 42.7 Å². The third-order valence-corrected chi connectivity index (χ3v) is 5.46. The van der Waals surface area contributed by atoms with Crippen molar-refractivity contribution < 1.29 is 14.3 Å². The van der Waals surface area contributed by atoms with E-state index >= 15 is 0 Å². The number of benzene rings is 2. The highest BCUT2D eigenvalue weighted by Crippen LogP contribution is 2.28. The average molecular weight is 409 g/mol. The fourth-order valence-corrected chi connectivity index (χ4v) is 3.90. The van der Waals surface area contributed by atoms with E-state index in [0.717, 1.165) is 41.9 Å². The van der Waals surface area contributed by atoms with Gasteiger partial charge in [-0.1, -0.05) is 18.2 Å². The maximum atomic E-state index is 12.8. The molecule has 2 N–H and O–H groups in total. The molecule has 3 aromatic rings. The Hall–Kier alpha value is -3.22. The number of piperidine rings is 1. The van der Waals surface area contributed by atoms with Gasteiger partial charge in [0.2, 0.25) is 11.9 Å². The molecule has 0 unspecified atom stereocenters. The second-order valence-electron chi connectivity index (χ2n) is 7.50. The van der Waals surface area contributed by atoms with Crippen LogP contribution in [0, 0.1) is 5.92 Å². The van der Waals surface area contributed by atoms with Crippen LogP contribution >= 0.6 is 0 Å². The molecule has 0 aliphatic carbocycles. The molecule has 2 aromatic carbocycles. The Morgan fingerprint density at radius 3 is 2.93 bits per heavy atom. The van der Waals surface area contributed by atoms with Crippen molar-refractivity contribution in [3.63, 3.8) is 0 Å². The number of aromatic nitrogens is 2. The molecule has 1 saturated heterocycles. The van der Waals surface area contributed by atoms with Crippen LogP contribution in [0.1, 0.15) is 25.3 Å². The summed E-state index contributed by atoms with van der Waals surface area (Å²) in [5.41, 5.74) is 2.95. The minimum absolute atomic E-state index is 0.0587. The number of H-pyrrole nitrogens is 1. The third kappa shape index (κ3) is 4.35. The van der Waals surface area contributed by atoms with E-state index in [2.05, 4.69) is 20.2 Å². The second kappa shape index (κ2) is 9.07. The zero-order chi connectivity index (χ0) is 20.9. The van der Waals surface area contributed by atoms with Crippen molar-refractivity contribution in [1.29, 1.82) is 0 Å². The first kappa shape index (κ1) is 20.1. The highest BCUT2D eigenvalue weighted by molar-refractivity contribution is 5.80. The Balaban J connectivity index is 1.37. The quantitative estimate of drug-likeness (QED) is 0.626. The number of amides is 1. The maximum Gasteiger partial charge on any atom is 0.225 e. The summed E-state index contributed by atoms with van der Waals surface area (Å²) in [7, 11) is 1.62. The van der Waals surface area contributed by atoms with Gasteiger partial charge in [0.05, 0.1) is 30.7 Å². The first-order valence-corrected chi connectivity index (χ1v) is 10.4. The summed E-state index contributed by atoms with van der Waals surface area (Å²) in [4.78, 5) is 23.0. The van der Waals surface area contributed by atoms with E-state index in [1.54, 1.807) is 7.11 Å². The maximum absolute atomic E-state index is 12.8. The van der Waals surface area contributed by atoms with Crippen LogP contribution in [0.4, 0.5) is 5.95 Å². The van der Waals surface area contributed by atoms with Crippen molar-refractivity contribution >= 4 is 22.9 Å². The molecular formula is C23H28N4O3. The summed E-state index contributed by atoms with van der Waals surface area (Å²) in [5.74, 6) is 2.24. The van der Waals surface area contributed by atoms with Gasteiger partial charge in [-0.05, 0) is 49.6 Å². The lowest BCUT2D eigenvalue weighted by molar-refractivity contribution is -0.125. The lowest BCUT2D eigenvalue weighted by Gasteiger charge is -2.31. The summed E-state index contributed by atoms with van der Waals surface area (Å²) < 4.78 is 10.9. The zero-order valence-electron chi connectivity index (χ0n) is 17.5. The van der Waals surface area contributed by atoms with Crippen molar-refractivity contribution in [2.75, 3.05) is 31.7 Å². The molecule has 1 aromatic heterocycles. The fraction of sp³-hybridized carbons (Fsp3) is 0.391. The van der Waals surface area contributed by atoms with Gasteiger partial charge >= 0.3 is 0 Å². The number of fused-ring (bicyclic) bond motifs is 1. The van der Waals surface area contributed by atoms with Crippen LogP contribution in [-0.2, 0) is 11.3 Å². The molecule has 1 amide bonds. The van der Waals surface area contributed by atoms with Gasteiger partial charge in [-0.3, -0.25) is 4.79 Å². The predicted octanol–water partition coefficient (Wildman–Crippen LogP) is 3.50. The zero-order valence-corrected chi connectivity index (χ0v) is 17.5.